The normalized spacial score (nSPS) is 14.5. The monoisotopic (exact) mass is 473 g/mol. The van der Waals surface area contributed by atoms with E-state index in [1.807, 2.05) is 6.07 Å². The molecule has 0 unspecified atom stereocenters. The maximum absolute atomic E-state index is 12.6. The Morgan fingerprint density at radius 1 is 1.21 bits per heavy atom. The van der Waals surface area contributed by atoms with Gasteiger partial charge in [-0.1, -0.05) is 6.07 Å². The molecule has 1 saturated heterocycles. The number of ether oxygens (including phenoxy) is 2. The second-order valence-electron chi connectivity index (χ2n) is 6.57. The minimum absolute atomic E-state index is 0.0332. The third-order valence-electron chi connectivity index (χ3n) is 4.47. The molecule has 3 rings (SSSR count). The van der Waals surface area contributed by atoms with Crippen LogP contribution in [0.3, 0.4) is 0 Å². The van der Waals surface area contributed by atoms with E-state index in [-0.39, 0.29) is 29.5 Å². The summed E-state index contributed by atoms with van der Waals surface area (Å²) in [4.78, 5) is 38.2. The average molecular weight is 473 g/mol. The third kappa shape index (κ3) is 5.87. The van der Waals surface area contributed by atoms with E-state index in [1.165, 1.54) is 55.7 Å². The first-order valence-electron chi connectivity index (χ1n) is 9.49. The number of amides is 3. The molecule has 33 heavy (non-hydrogen) atoms. The number of carbonyl (C=O) groups excluding carboxylic acids is 3. The van der Waals surface area contributed by atoms with Crippen molar-refractivity contribution in [2.45, 2.75) is 6.61 Å². The molecule has 1 aliphatic heterocycles. The lowest BCUT2D eigenvalue weighted by atomic mass is 10.1. The fourth-order valence-electron chi connectivity index (χ4n) is 2.89. The standard InChI is InChI=1S/C22H17F2N3O5S/c1-31-17-10-14(4-7-16(17)32-21(23)24)11-18-20(29)27(22(30)33-18)9-8-26-19(28)15-5-2-13(12-25)3-6-15/h2-7,10-11,21H,8-9H2,1H3,(H,26,28)/b18-11+. The number of nitrogens with one attached hydrogen (secondary N) is 1. The van der Waals surface area contributed by atoms with Crippen LogP contribution in [-0.4, -0.2) is 48.8 Å². The fourth-order valence-corrected chi connectivity index (χ4v) is 3.76. The van der Waals surface area contributed by atoms with Crippen molar-refractivity contribution < 1.29 is 32.6 Å². The quantitative estimate of drug-likeness (QED) is 0.583. The van der Waals surface area contributed by atoms with Crippen LogP contribution in [0, 0.1) is 11.3 Å². The number of halogens is 2. The van der Waals surface area contributed by atoms with Crippen molar-refractivity contribution in [3.05, 3.63) is 64.1 Å². The number of hydrogen-bond donors (Lipinski definition) is 1. The van der Waals surface area contributed by atoms with Gasteiger partial charge in [-0.05, 0) is 59.8 Å². The topological polar surface area (TPSA) is 109 Å². The Morgan fingerprint density at radius 3 is 2.58 bits per heavy atom. The third-order valence-corrected chi connectivity index (χ3v) is 5.38. The summed E-state index contributed by atoms with van der Waals surface area (Å²) in [5.41, 5.74) is 1.22. The first kappa shape index (κ1) is 23.7. The summed E-state index contributed by atoms with van der Waals surface area (Å²) in [6.07, 6.45) is 1.44. The number of nitrogens with zero attached hydrogens (tertiary/aromatic N) is 2. The Kier molecular flexibility index (Phi) is 7.63. The molecule has 0 saturated carbocycles. The number of rotatable bonds is 8. The van der Waals surface area contributed by atoms with Crippen LogP contribution in [0.5, 0.6) is 11.5 Å². The molecule has 2 aromatic carbocycles. The lowest BCUT2D eigenvalue weighted by Crippen LogP contribution is -2.37. The van der Waals surface area contributed by atoms with Gasteiger partial charge < -0.3 is 14.8 Å². The molecule has 2 aromatic rings. The number of methoxy groups -OCH3 is 1. The summed E-state index contributed by atoms with van der Waals surface area (Å²) in [6.45, 7) is -3.01. The van der Waals surface area contributed by atoms with Crippen LogP contribution in [0.1, 0.15) is 21.5 Å². The van der Waals surface area contributed by atoms with Crippen molar-refractivity contribution in [3.63, 3.8) is 0 Å². The van der Waals surface area contributed by atoms with Gasteiger partial charge in [-0.2, -0.15) is 14.0 Å². The van der Waals surface area contributed by atoms with E-state index >= 15 is 0 Å². The molecule has 1 N–H and O–H groups in total. The first-order valence-corrected chi connectivity index (χ1v) is 10.3. The zero-order valence-electron chi connectivity index (χ0n) is 17.2. The van der Waals surface area contributed by atoms with Gasteiger partial charge in [0.25, 0.3) is 17.1 Å². The van der Waals surface area contributed by atoms with Crippen LogP contribution >= 0.6 is 11.8 Å². The average Bonchev–Trinajstić information content (AvgIpc) is 3.06. The van der Waals surface area contributed by atoms with Gasteiger partial charge >= 0.3 is 6.61 Å². The highest BCUT2D eigenvalue weighted by molar-refractivity contribution is 8.18. The van der Waals surface area contributed by atoms with Gasteiger partial charge in [0.2, 0.25) is 0 Å². The Morgan fingerprint density at radius 2 is 1.94 bits per heavy atom. The predicted molar refractivity (Wildman–Crippen MR) is 116 cm³/mol. The second-order valence-corrected chi connectivity index (χ2v) is 7.56. The van der Waals surface area contributed by atoms with Crippen LogP contribution in [-0.2, 0) is 4.79 Å². The number of imide groups is 1. The van der Waals surface area contributed by atoms with Gasteiger partial charge in [0.1, 0.15) is 0 Å². The largest absolute Gasteiger partial charge is 0.493 e. The summed E-state index contributed by atoms with van der Waals surface area (Å²) in [5, 5.41) is 10.9. The van der Waals surface area contributed by atoms with Crippen molar-refractivity contribution in [2.24, 2.45) is 0 Å². The summed E-state index contributed by atoms with van der Waals surface area (Å²) < 4.78 is 34.3. The second kappa shape index (κ2) is 10.6. The van der Waals surface area contributed by atoms with Gasteiger partial charge in [-0.15, -0.1) is 0 Å². The highest BCUT2D eigenvalue weighted by Crippen LogP contribution is 2.34. The van der Waals surface area contributed by atoms with Crippen molar-refractivity contribution in [1.29, 1.82) is 5.26 Å². The van der Waals surface area contributed by atoms with Gasteiger partial charge in [0.05, 0.1) is 23.6 Å². The summed E-state index contributed by atoms with van der Waals surface area (Å²) in [7, 11) is 1.29. The molecule has 0 spiro atoms. The van der Waals surface area contributed by atoms with Crippen molar-refractivity contribution in [2.75, 3.05) is 20.2 Å². The van der Waals surface area contributed by atoms with Crippen molar-refractivity contribution in [3.8, 4) is 17.6 Å². The summed E-state index contributed by atoms with van der Waals surface area (Å²) in [6, 6.07) is 12.1. The van der Waals surface area contributed by atoms with Gasteiger partial charge in [-0.25, -0.2) is 0 Å². The molecule has 0 aromatic heterocycles. The molecular weight excluding hydrogens is 456 g/mol. The van der Waals surface area contributed by atoms with Crippen LogP contribution in [0.4, 0.5) is 13.6 Å². The van der Waals surface area contributed by atoms with E-state index in [2.05, 4.69) is 10.1 Å². The highest BCUT2D eigenvalue weighted by Gasteiger charge is 2.34. The van der Waals surface area contributed by atoms with Crippen LogP contribution in [0.15, 0.2) is 47.4 Å². The van der Waals surface area contributed by atoms with E-state index in [1.54, 1.807) is 0 Å². The molecular formula is C22H17F2N3O5S. The molecule has 11 heteroatoms. The van der Waals surface area contributed by atoms with Gasteiger partial charge in [-0.3, -0.25) is 19.3 Å². The molecule has 1 heterocycles. The van der Waals surface area contributed by atoms with E-state index in [4.69, 9.17) is 10.00 Å². The van der Waals surface area contributed by atoms with Crippen LogP contribution in [0.25, 0.3) is 6.08 Å². The van der Waals surface area contributed by atoms with E-state index in [0.717, 1.165) is 16.7 Å². The fraction of sp³-hybridized carbons (Fsp3) is 0.182. The SMILES string of the molecule is COc1cc(/C=C2/SC(=O)N(CCNC(=O)c3ccc(C#N)cc3)C2=O)ccc1OC(F)F. The molecule has 3 amide bonds. The molecule has 8 nitrogen and oxygen atoms in total. The lowest BCUT2D eigenvalue weighted by Gasteiger charge is -2.13. The Hall–Kier alpha value is -3.91. The number of alkyl halides is 2. The molecule has 0 aliphatic carbocycles. The number of thioether (sulfide) groups is 1. The summed E-state index contributed by atoms with van der Waals surface area (Å²) >= 11 is 0.727. The minimum atomic E-state index is -3.02. The van der Waals surface area contributed by atoms with Crippen molar-refractivity contribution >= 4 is 34.9 Å². The first-order chi connectivity index (χ1) is 15.8. The van der Waals surface area contributed by atoms with E-state index in [9.17, 15) is 23.2 Å². The summed E-state index contributed by atoms with van der Waals surface area (Å²) in [5.74, 6) is -1.05. The van der Waals surface area contributed by atoms with Crippen LogP contribution in [0.2, 0.25) is 0 Å². The van der Waals surface area contributed by atoms with Crippen LogP contribution < -0.4 is 14.8 Å². The number of nitriles is 1. The molecule has 1 fully saturated rings. The Balaban J connectivity index is 1.62. The van der Waals surface area contributed by atoms with Gasteiger partial charge in [0, 0.05) is 18.7 Å². The zero-order chi connectivity index (χ0) is 24.0. The molecule has 0 radical (unpaired) electrons. The highest BCUT2D eigenvalue weighted by atomic mass is 32.2. The van der Waals surface area contributed by atoms with E-state index in [0.29, 0.717) is 16.7 Å². The Labute approximate surface area is 191 Å². The maximum Gasteiger partial charge on any atom is 0.387 e. The molecule has 170 valence electrons. The molecule has 1 aliphatic rings. The Bertz CT molecular complexity index is 1150. The molecule has 0 bridgehead atoms. The maximum atomic E-state index is 12.6. The number of benzene rings is 2. The minimum Gasteiger partial charge on any atom is -0.493 e. The number of hydrogen-bond acceptors (Lipinski definition) is 7. The smallest absolute Gasteiger partial charge is 0.387 e. The zero-order valence-corrected chi connectivity index (χ0v) is 18.0. The van der Waals surface area contributed by atoms with Crippen molar-refractivity contribution in [1.82, 2.24) is 10.2 Å². The van der Waals surface area contributed by atoms with Gasteiger partial charge in [0.15, 0.2) is 11.5 Å². The lowest BCUT2D eigenvalue weighted by molar-refractivity contribution is -0.122. The number of carbonyl (C=O) groups is 3. The molecule has 0 atom stereocenters. The predicted octanol–water partition coefficient (Wildman–Crippen LogP) is 3.63. The van der Waals surface area contributed by atoms with E-state index < -0.39 is 23.7 Å².